The Bertz CT molecular complexity index is 1140. The van der Waals surface area contributed by atoms with E-state index in [2.05, 4.69) is 5.16 Å². The van der Waals surface area contributed by atoms with E-state index in [4.69, 9.17) is 15.6 Å². The van der Waals surface area contributed by atoms with E-state index in [1.165, 1.54) is 18.4 Å². The molecule has 0 atom stereocenters. The van der Waals surface area contributed by atoms with Gasteiger partial charge in [-0.05, 0) is 16.7 Å². The maximum atomic E-state index is 11.8. The number of hydrogen-bond acceptors (Lipinski definition) is 6. The molecule has 0 fully saturated rings. The van der Waals surface area contributed by atoms with Crippen molar-refractivity contribution in [3.8, 4) is 0 Å². The summed E-state index contributed by atoms with van der Waals surface area (Å²) in [7, 11) is 1.29. The molecule has 7 heteroatoms. The van der Waals surface area contributed by atoms with Gasteiger partial charge in [0.25, 0.3) is 0 Å². The van der Waals surface area contributed by atoms with E-state index in [0.717, 1.165) is 16.7 Å². The highest BCUT2D eigenvalue weighted by atomic mass is 32.1. The summed E-state index contributed by atoms with van der Waals surface area (Å²) in [6.45, 7) is 0. The van der Waals surface area contributed by atoms with Gasteiger partial charge in [-0.2, -0.15) is 0 Å². The highest BCUT2D eigenvalue weighted by molar-refractivity contribution is 7.16. The van der Waals surface area contributed by atoms with Crippen LogP contribution >= 0.6 is 11.3 Å². The van der Waals surface area contributed by atoms with Gasteiger partial charge in [-0.3, -0.25) is 0 Å². The van der Waals surface area contributed by atoms with E-state index >= 15 is 0 Å². The smallest absolute Gasteiger partial charge is 0.360 e. The predicted molar refractivity (Wildman–Crippen MR) is 126 cm³/mol. The van der Waals surface area contributed by atoms with Crippen LogP contribution in [0.25, 0.3) is 0 Å². The van der Waals surface area contributed by atoms with Crippen LogP contribution in [0.1, 0.15) is 27.4 Å². The van der Waals surface area contributed by atoms with Crippen LogP contribution in [0.2, 0.25) is 0 Å². The highest BCUT2D eigenvalue weighted by Crippen LogP contribution is 2.47. The van der Waals surface area contributed by atoms with Crippen molar-refractivity contribution in [1.29, 1.82) is 0 Å². The molecule has 0 saturated heterocycles. The fourth-order valence-electron chi connectivity index (χ4n) is 3.87. The third kappa shape index (κ3) is 3.63. The molecule has 3 aromatic carbocycles. The Morgan fingerprint density at radius 3 is 1.72 bits per heavy atom. The van der Waals surface area contributed by atoms with Crippen molar-refractivity contribution in [2.75, 3.05) is 12.8 Å². The van der Waals surface area contributed by atoms with Crippen molar-refractivity contribution in [1.82, 2.24) is 4.98 Å². The van der Waals surface area contributed by atoms with Crippen LogP contribution in [0.3, 0.4) is 0 Å². The third-order valence-corrected chi connectivity index (χ3v) is 6.21. The number of hydrogen-bond donors (Lipinski definition) is 2. The summed E-state index contributed by atoms with van der Waals surface area (Å²) < 4.78 is 0. The maximum Gasteiger partial charge on any atom is 0.360 e. The second-order valence-electron chi connectivity index (χ2n) is 7.01. The number of carboxylic acid groups (broad SMARTS) is 1. The van der Waals surface area contributed by atoms with Crippen LogP contribution in [0.4, 0.5) is 5.00 Å². The van der Waals surface area contributed by atoms with E-state index in [0.29, 0.717) is 5.01 Å². The average Bonchev–Trinajstić information content (AvgIpc) is 3.21. The first-order valence-electron chi connectivity index (χ1n) is 9.87. The van der Waals surface area contributed by atoms with Gasteiger partial charge >= 0.3 is 5.97 Å². The summed E-state index contributed by atoms with van der Waals surface area (Å²) in [5.41, 5.74) is 8.19. The zero-order valence-corrected chi connectivity index (χ0v) is 18.1. The van der Waals surface area contributed by atoms with Gasteiger partial charge in [-0.1, -0.05) is 107 Å². The summed E-state index contributed by atoms with van der Waals surface area (Å²) in [6, 6.07) is 30.0. The number of nitrogens with zero attached hydrogens (tertiary/aromatic N) is 2. The van der Waals surface area contributed by atoms with Crippen molar-refractivity contribution in [2.24, 2.45) is 5.16 Å². The summed E-state index contributed by atoms with van der Waals surface area (Å²) in [4.78, 5) is 21.3. The lowest BCUT2D eigenvalue weighted by Gasteiger charge is -2.34. The van der Waals surface area contributed by atoms with Gasteiger partial charge < -0.3 is 15.7 Å². The van der Waals surface area contributed by atoms with Crippen LogP contribution in [0.5, 0.6) is 0 Å². The summed E-state index contributed by atoms with van der Waals surface area (Å²) in [5.74, 6) is -1.26. The van der Waals surface area contributed by atoms with E-state index in [1.807, 2.05) is 91.0 Å². The first kappa shape index (κ1) is 21.3. The van der Waals surface area contributed by atoms with Gasteiger partial charge in [0.15, 0.2) is 0 Å². The van der Waals surface area contributed by atoms with Crippen molar-refractivity contribution >= 4 is 28.0 Å². The van der Waals surface area contributed by atoms with Gasteiger partial charge in [0.1, 0.15) is 22.8 Å². The lowest BCUT2D eigenvalue weighted by Crippen LogP contribution is -2.31. The number of anilines is 1. The minimum atomic E-state index is -1.26. The number of thiazole rings is 1. The number of rotatable bonds is 7. The predicted octanol–water partition coefficient (Wildman–Crippen LogP) is 4.54. The molecule has 160 valence electrons. The Morgan fingerprint density at radius 2 is 1.34 bits per heavy atom. The van der Waals surface area contributed by atoms with E-state index < -0.39 is 11.4 Å². The zero-order chi connectivity index (χ0) is 22.6. The first-order chi connectivity index (χ1) is 15.6. The molecule has 6 nitrogen and oxygen atoms in total. The molecule has 0 radical (unpaired) electrons. The number of aliphatic carboxylic acids is 1. The largest absolute Gasteiger partial charge is 0.476 e. The molecule has 1 heterocycles. The molecule has 3 N–H and O–H groups in total. The van der Waals surface area contributed by atoms with Gasteiger partial charge in [0.2, 0.25) is 5.71 Å². The lowest BCUT2D eigenvalue weighted by atomic mass is 9.70. The lowest BCUT2D eigenvalue weighted by molar-refractivity contribution is -0.129. The van der Waals surface area contributed by atoms with Gasteiger partial charge in [-0.15, -0.1) is 0 Å². The number of carboxylic acids is 1. The molecule has 4 aromatic rings. The molecular weight excluding hydrogens is 422 g/mol. The van der Waals surface area contributed by atoms with Crippen LogP contribution in [-0.4, -0.2) is 28.9 Å². The zero-order valence-electron chi connectivity index (χ0n) is 17.3. The molecule has 4 rings (SSSR count). The van der Waals surface area contributed by atoms with Gasteiger partial charge in [0, 0.05) is 0 Å². The average molecular weight is 444 g/mol. The normalized spacial score (nSPS) is 11.8. The number of aromatic nitrogens is 1. The minimum absolute atomic E-state index is 0.0894. The SMILES string of the molecule is CO/N=C(\C(=O)O)c1nc(C(c2ccccc2)(c2ccccc2)c2ccccc2)sc1N. The van der Waals surface area contributed by atoms with E-state index in [-0.39, 0.29) is 16.4 Å². The molecule has 0 bridgehead atoms. The number of nitrogen functional groups attached to an aromatic ring is 1. The Morgan fingerprint density at radius 1 is 0.906 bits per heavy atom. The van der Waals surface area contributed by atoms with Crippen molar-refractivity contribution in [3.63, 3.8) is 0 Å². The Kier molecular flexibility index (Phi) is 6.00. The van der Waals surface area contributed by atoms with Crippen molar-refractivity contribution in [2.45, 2.75) is 5.41 Å². The Hall–Kier alpha value is -3.97. The fraction of sp³-hybridized carbons (Fsp3) is 0.0800. The second-order valence-corrected chi connectivity index (χ2v) is 8.04. The Balaban J connectivity index is 2.09. The molecule has 0 unspecified atom stereocenters. The molecule has 0 aliphatic carbocycles. The minimum Gasteiger partial charge on any atom is -0.476 e. The molecule has 1 aromatic heterocycles. The number of benzene rings is 3. The molecule has 0 aliphatic heterocycles. The van der Waals surface area contributed by atoms with Gasteiger partial charge in [-0.25, -0.2) is 9.78 Å². The first-order valence-corrected chi connectivity index (χ1v) is 10.7. The second kappa shape index (κ2) is 9.03. The molecular formula is C25H21N3O3S. The fourth-order valence-corrected chi connectivity index (χ4v) is 4.96. The maximum absolute atomic E-state index is 11.8. The summed E-state index contributed by atoms with van der Waals surface area (Å²) in [6.07, 6.45) is 0. The molecule has 0 aliphatic rings. The van der Waals surface area contributed by atoms with Gasteiger partial charge in [0.05, 0.1) is 5.41 Å². The highest BCUT2D eigenvalue weighted by Gasteiger charge is 2.42. The van der Waals surface area contributed by atoms with Crippen LogP contribution < -0.4 is 5.73 Å². The number of oxime groups is 1. The van der Waals surface area contributed by atoms with Crippen molar-refractivity contribution < 1.29 is 14.7 Å². The molecule has 0 saturated carbocycles. The van der Waals surface area contributed by atoms with E-state index in [1.54, 1.807) is 0 Å². The third-order valence-electron chi connectivity index (χ3n) is 5.20. The molecule has 0 amide bonds. The number of nitrogens with two attached hydrogens (primary N) is 1. The quantitative estimate of drug-likeness (QED) is 0.248. The molecule has 0 spiro atoms. The molecule has 32 heavy (non-hydrogen) atoms. The number of carbonyl (C=O) groups is 1. The summed E-state index contributed by atoms with van der Waals surface area (Å²) >= 11 is 1.24. The van der Waals surface area contributed by atoms with Crippen LogP contribution in [-0.2, 0) is 15.0 Å². The van der Waals surface area contributed by atoms with Crippen LogP contribution in [0.15, 0.2) is 96.2 Å². The van der Waals surface area contributed by atoms with E-state index in [9.17, 15) is 9.90 Å². The van der Waals surface area contributed by atoms with Crippen LogP contribution in [0, 0.1) is 0 Å². The van der Waals surface area contributed by atoms with Crippen molar-refractivity contribution in [3.05, 3.63) is 118 Å². The topological polar surface area (TPSA) is 97.8 Å². The summed E-state index contributed by atoms with van der Waals surface area (Å²) in [5, 5.41) is 14.2. The monoisotopic (exact) mass is 443 g/mol. The standard InChI is InChI=1S/C25H21N3O3S/c1-31-28-21(23(29)30)20-22(26)32-24(27-20)25(17-11-5-2-6-12-17,18-13-7-3-8-14-18)19-15-9-4-10-16-19/h2-16H,26H2,1H3,(H,29,30)/b28-21-. The Labute approximate surface area is 189 Å².